The highest BCUT2D eigenvalue weighted by molar-refractivity contribution is 5.50. The Kier molecular flexibility index (Phi) is 4.51. The number of rotatable bonds is 3. The third-order valence-electron chi connectivity index (χ3n) is 4.45. The van der Waals surface area contributed by atoms with Crippen LogP contribution in [0, 0.1) is 12.8 Å². The van der Waals surface area contributed by atoms with Crippen LogP contribution in [0.4, 0.5) is 5.69 Å². The van der Waals surface area contributed by atoms with Crippen LogP contribution in [0.5, 0.6) is 0 Å². The van der Waals surface area contributed by atoms with Crippen LogP contribution in [0.25, 0.3) is 0 Å². The van der Waals surface area contributed by atoms with E-state index in [1.54, 1.807) is 0 Å². The highest BCUT2D eigenvalue weighted by atomic mass is 15.2. The zero-order valence-electron chi connectivity index (χ0n) is 13.1. The van der Waals surface area contributed by atoms with Crippen LogP contribution >= 0.6 is 0 Å². The smallest absolute Gasteiger partial charge is 0.0371 e. The number of benzene rings is 1. The summed E-state index contributed by atoms with van der Waals surface area (Å²) in [6, 6.07) is 10.3. The number of anilines is 1. The molecule has 0 aliphatic carbocycles. The van der Waals surface area contributed by atoms with E-state index in [2.05, 4.69) is 68.9 Å². The Bertz CT molecular complexity index is 411. The lowest BCUT2D eigenvalue weighted by atomic mass is 9.88. The molecule has 2 nitrogen and oxygen atoms in total. The summed E-state index contributed by atoms with van der Waals surface area (Å²) in [7, 11) is 4.43. The maximum atomic E-state index is 2.62. The summed E-state index contributed by atoms with van der Waals surface area (Å²) in [6.07, 6.45) is 2.54. The van der Waals surface area contributed by atoms with Gasteiger partial charge in [-0.3, -0.25) is 0 Å². The summed E-state index contributed by atoms with van der Waals surface area (Å²) in [5.74, 6) is 0.697. The second kappa shape index (κ2) is 5.96. The van der Waals surface area contributed by atoms with Gasteiger partial charge in [0.05, 0.1) is 0 Å². The normalized spacial score (nSPS) is 24.3. The molecule has 1 saturated heterocycles. The van der Waals surface area contributed by atoms with Crippen molar-refractivity contribution in [2.45, 2.75) is 45.7 Å². The molecule has 1 fully saturated rings. The van der Waals surface area contributed by atoms with Gasteiger partial charge in [0.2, 0.25) is 0 Å². The summed E-state index contributed by atoms with van der Waals surface area (Å²) in [6.45, 7) is 8.06. The Morgan fingerprint density at radius 3 is 2.58 bits per heavy atom. The average molecular weight is 260 g/mol. The van der Waals surface area contributed by atoms with E-state index < -0.39 is 0 Å². The fourth-order valence-corrected chi connectivity index (χ4v) is 3.21. The van der Waals surface area contributed by atoms with Crippen molar-refractivity contribution in [1.82, 2.24) is 4.90 Å². The van der Waals surface area contributed by atoms with Crippen molar-refractivity contribution in [2.24, 2.45) is 5.92 Å². The summed E-state index contributed by atoms with van der Waals surface area (Å²) in [4.78, 5) is 5.01. The van der Waals surface area contributed by atoms with Crippen LogP contribution in [0.2, 0.25) is 0 Å². The first-order valence-electron chi connectivity index (χ1n) is 7.48. The first-order chi connectivity index (χ1) is 8.99. The molecule has 0 amide bonds. The highest BCUT2D eigenvalue weighted by Gasteiger charge is 2.31. The molecule has 2 rings (SSSR count). The van der Waals surface area contributed by atoms with Gasteiger partial charge in [-0.1, -0.05) is 26.0 Å². The fraction of sp³-hybridized carbons (Fsp3) is 0.647. The Hall–Kier alpha value is -1.02. The van der Waals surface area contributed by atoms with Crippen LogP contribution in [-0.2, 0) is 0 Å². The molecule has 1 aromatic rings. The minimum absolute atomic E-state index is 0.656. The van der Waals surface area contributed by atoms with Gasteiger partial charge in [-0.15, -0.1) is 0 Å². The van der Waals surface area contributed by atoms with Gasteiger partial charge in [0.1, 0.15) is 0 Å². The molecule has 1 aromatic carbocycles. The Morgan fingerprint density at radius 1 is 1.26 bits per heavy atom. The number of piperidine rings is 1. The predicted octanol–water partition coefficient (Wildman–Crippen LogP) is 3.55. The maximum absolute atomic E-state index is 2.62. The molecule has 0 saturated carbocycles. The van der Waals surface area contributed by atoms with E-state index in [9.17, 15) is 0 Å². The number of hydrogen-bond acceptors (Lipinski definition) is 2. The maximum Gasteiger partial charge on any atom is 0.0371 e. The van der Waals surface area contributed by atoms with Crippen molar-refractivity contribution >= 4 is 5.69 Å². The van der Waals surface area contributed by atoms with Crippen molar-refractivity contribution in [2.75, 3.05) is 25.5 Å². The van der Waals surface area contributed by atoms with Crippen LogP contribution < -0.4 is 4.90 Å². The second-order valence-corrected chi connectivity index (χ2v) is 6.49. The van der Waals surface area contributed by atoms with Gasteiger partial charge in [0.15, 0.2) is 0 Å². The highest BCUT2D eigenvalue weighted by Crippen LogP contribution is 2.30. The molecule has 19 heavy (non-hydrogen) atoms. The molecule has 0 bridgehead atoms. The third-order valence-corrected chi connectivity index (χ3v) is 4.45. The SMILES string of the molecule is Cc1cccc(N2CCC(N(C)C)CC2C(C)C)c1. The van der Waals surface area contributed by atoms with E-state index in [0.29, 0.717) is 12.0 Å². The van der Waals surface area contributed by atoms with E-state index in [1.165, 1.54) is 30.6 Å². The zero-order chi connectivity index (χ0) is 14.0. The molecule has 0 N–H and O–H groups in total. The molecule has 2 unspecified atom stereocenters. The average Bonchev–Trinajstić information content (AvgIpc) is 2.37. The van der Waals surface area contributed by atoms with Gasteiger partial charge in [-0.2, -0.15) is 0 Å². The van der Waals surface area contributed by atoms with Gasteiger partial charge in [-0.05, 0) is 57.5 Å². The van der Waals surface area contributed by atoms with Crippen LogP contribution in [0.1, 0.15) is 32.3 Å². The van der Waals surface area contributed by atoms with E-state index in [1.807, 2.05) is 0 Å². The largest absolute Gasteiger partial charge is 0.368 e. The molecule has 0 spiro atoms. The molecular weight excluding hydrogens is 232 g/mol. The molecule has 2 atom stereocenters. The lowest BCUT2D eigenvalue weighted by Crippen LogP contribution is -2.50. The van der Waals surface area contributed by atoms with Gasteiger partial charge in [0.25, 0.3) is 0 Å². The van der Waals surface area contributed by atoms with Crippen LogP contribution in [-0.4, -0.2) is 37.6 Å². The first kappa shape index (κ1) is 14.4. The quantitative estimate of drug-likeness (QED) is 0.820. The van der Waals surface area contributed by atoms with Crippen molar-refractivity contribution in [3.8, 4) is 0 Å². The summed E-state index contributed by atoms with van der Waals surface area (Å²) >= 11 is 0. The lowest BCUT2D eigenvalue weighted by Gasteiger charge is -2.45. The van der Waals surface area contributed by atoms with E-state index in [0.717, 1.165) is 6.04 Å². The minimum Gasteiger partial charge on any atom is -0.368 e. The first-order valence-corrected chi connectivity index (χ1v) is 7.48. The topological polar surface area (TPSA) is 6.48 Å². The molecule has 0 radical (unpaired) electrons. The Balaban J connectivity index is 2.20. The van der Waals surface area contributed by atoms with Gasteiger partial charge in [0, 0.05) is 24.3 Å². The molecular formula is C17H28N2. The van der Waals surface area contributed by atoms with Crippen molar-refractivity contribution in [3.63, 3.8) is 0 Å². The van der Waals surface area contributed by atoms with Crippen molar-refractivity contribution in [3.05, 3.63) is 29.8 Å². The van der Waals surface area contributed by atoms with Crippen LogP contribution in [0.15, 0.2) is 24.3 Å². The van der Waals surface area contributed by atoms with Crippen molar-refractivity contribution < 1.29 is 0 Å². The summed E-state index contributed by atoms with van der Waals surface area (Å²) < 4.78 is 0. The van der Waals surface area contributed by atoms with Gasteiger partial charge >= 0.3 is 0 Å². The molecule has 106 valence electrons. The number of nitrogens with zero attached hydrogens (tertiary/aromatic N) is 2. The zero-order valence-corrected chi connectivity index (χ0v) is 13.1. The number of aryl methyl sites for hydroxylation is 1. The summed E-state index contributed by atoms with van der Waals surface area (Å²) in [5, 5.41) is 0. The standard InChI is InChI=1S/C17H28N2/c1-13(2)17-12-15(18(4)5)9-10-19(17)16-8-6-7-14(3)11-16/h6-8,11,13,15,17H,9-10,12H2,1-5H3. The molecule has 1 aliphatic rings. The van der Waals surface area contributed by atoms with Gasteiger partial charge < -0.3 is 9.80 Å². The predicted molar refractivity (Wildman–Crippen MR) is 83.9 cm³/mol. The fourth-order valence-electron chi connectivity index (χ4n) is 3.21. The molecule has 1 heterocycles. The Labute approximate surface area is 118 Å². The monoisotopic (exact) mass is 260 g/mol. The molecule has 1 aliphatic heterocycles. The van der Waals surface area contributed by atoms with Crippen LogP contribution in [0.3, 0.4) is 0 Å². The molecule has 0 aromatic heterocycles. The van der Waals surface area contributed by atoms with E-state index >= 15 is 0 Å². The van der Waals surface area contributed by atoms with E-state index in [-0.39, 0.29) is 0 Å². The second-order valence-electron chi connectivity index (χ2n) is 6.49. The summed E-state index contributed by atoms with van der Waals surface area (Å²) in [5.41, 5.74) is 2.76. The molecule has 2 heteroatoms. The van der Waals surface area contributed by atoms with Crippen molar-refractivity contribution in [1.29, 1.82) is 0 Å². The minimum atomic E-state index is 0.656. The third kappa shape index (κ3) is 3.30. The van der Waals surface area contributed by atoms with Gasteiger partial charge in [-0.25, -0.2) is 0 Å². The number of hydrogen-bond donors (Lipinski definition) is 0. The lowest BCUT2D eigenvalue weighted by molar-refractivity contribution is 0.206. The Morgan fingerprint density at radius 2 is 2.00 bits per heavy atom. The van der Waals surface area contributed by atoms with E-state index in [4.69, 9.17) is 0 Å².